The molecule has 1 rings (SSSR count). The lowest BCUT2D eigenvalue weighted by Gasteiger charge is -2.23. The van der Waals surface area contributed by atoms with Gasteiger partial charge in [0.2, 0.25) is 5.91 Å². The highest BCUT2D eigenvalue weighted by Crippen LogP contribution is 2.23. The minimum atomic E-state index is -1.12. The molecule has 0 saturated heterocycles. The molecule has 1 atom stereocenters. The zero-order valence-corrected chi connectivity index (χ0v) is 11.4. The van der Waals surface area contributed by atoms with Gasteiger partial charge in [-0.15, -0.1) is 11.8 Å². The molecule has 0 spiro atoms. The van der Waals surface area contributed by atoms with Crippen molar-refractivity contribution in [1.29, 1.82) is 0 Å². The second-order valence-electron chi connectivity index (χ2n) is 4.64. The molecule has 1 aliphatic rings. The van der Waals surface area contributed by atoms with Gasteiger partial charge in [-0.1, -0.05) is 19.3 Å². The Morgan fingerprint density at radius 3 is 2.32 bits per heavy atom. The first-order valence-electron chi connectivity index (χ1n) is 6.33. The van der Waals surface area contributed by atoms with E-state index in [4.69, 9.17) is 10.2 Å². The molecule has 0 aromatic rings. The topological polar surface area (TPSA) is 104 Å². The monoisotopic (exact) mass is 289 g/mol. The van der Waals surface area contributed by atoms with E-state index in [0.29, 0.717) is 0 Å². The Balaban J connectivity index is 2.41. The first kappa shape index (κ1) is 15.8. The Labute approximate surface area is 115 Å². The molecule has 0 unspecified atom stereocenters. The van der Waals surface area contributed by atoms with Gasteiger partial charge in [-0.05, 0) is 12.8 Å². The Kier molecular flexibility index (Phi) is 6.69. The molecule has 108 valence electrons. The van der Waals surface area contributed by atoms with Crippen molar-refractivity contribution in [1.82, 2.24) is 5.32 Å². The van der Waals surface area contributed by atoms with Crippen LogP contribution in [-0.4, -0.2) is 45.6 Å². The van der Waals surface area contributed by atoms with Crippen LogP contribution in [0.2, 0.25) is 0 Å². The zero-order valence-electron chi connectivity index (χ0n) is 10.6. The van der Waals surface area contributed by atoms with Crippen LogP contribution in [-0.2, 0) is 14.4 Å². The van der Waals surface area contributed by atoms with Crippen LogP contribution in [0.15, 0.2) is 0 Å². The van der Waals surface area contributed by atoms with Crippen molar-refractivity contribution < 1.29 is 24.6 Å². The Hall–Kier alpha value is -1.24. The van der Waals surface area contributed by atoms with Crippen LogP contribution in [0, 0.1) is 5.92 Å². The SMILES string of the molecule is O=C(O)CSC[C@H](NC(=O)C1CCCCC1)C(=O)O. The molecular formula is C12H19NO5S. The Morgan fingerprint density at radius 1 is 1.16 bits per heavy atom. The third kappa shape index (κ3) is 5.96. The lowest BCUT2D eigenvalue weighted by molar-refractivity contribution is -0.142. The van der Waals surface area contributed by atoms with Crippen LogP contribution >= 0.6 is 11.8 Å². The van der Waals surface area contributed by atoms with Crippen molar-refractivity contribution in [3.8, 4) is 0 Å². The van der Waals surface area contributed by atoms with Crippen molar-refractivity contribution >= 4 is 29.6 Å². The number of hydrogen-bond acceptors (Lipinski definition) is 4. The van der Waals surface area contributed by atoms with Crippen LogP contribution in [0.25, 0.3) is 0 Å². The number of carbonyl (C=O) groups is 3. The van der Waals surface area contributed by atoms with E-state index in [1.165, 1.54) is 0 Å². The maximum absolute atomic E-state index is 11.9. The van der Waals surface area contributed by atoms with E-state index in [0.717, 1.165) is 43.9 Å². The molecule has 19 heavy (non-hydrogen) atoms. The highest BCUT2D eigenvalue weighted by molar-refractivity contribution is 8.00. The van der Waals surface area contributed by atoms with Crippen LogP contribution in [0.1, 0.15) is 32.1 Å². The van der Waals surface area contributed by atoms with Gasteiger partial charge in [-0.2, -0.15) is 0 Å². The lowest BCUT2D eigenvalue weighted by Crippen LogP contribution is -2.45. The molecule has 0 aliphatic heterocycles. The first-order chi connectivity index (χ1) is 9.00. The molecule has 1 amide bonds. The van der Waals surface area contributed by atoms with Crippen LogP contribution in [0.3, 0.4) is 0 Å². The van der Waals surface area contributed by atoms with E-state index in [2.05, 4.69) is 5.32 Å². The predicted molar refractivity (Wildman–Crippen MR) is 71.1 cm³/mol. The van der Waals surface area contributed by atoms with Crippen molar-refractivity contribution in [2.75, 3.05) is 11.5 Å². The van der Waals surface area contributed by atoms with Gasteiger partial charge in [0.15, 0.2) is 0 Å². The minimum absolute atomic E-state index is 0.0695. The van der Waals surface area contributed by atoms with Gasteiger partial charge < -0.3 is 15.5 Å². The molecule has 3 N–H and O–H groups in total. The third-order valence-electron chi connectivity index (χ3n) is 3.10. The van der Waals surface area contributed by atoms with Gasteiger partial charge in [0.05, 0.1) is 5.75 Å². The number of rotatable bonds is 7. The molecular weight excluding hydrogens is 270 g/mol. The maximum atomic E-state index is 11.9. The highest BCUT2D eigenvalue weighted by atomic mass is 32.2. The fourth-order valence-corrected chi connectivity index (χ4v) is 2.85. The van der Waals surface area contributed by atoms with Crippen molar-refractivity contribution in [3.05, 3.63) is 0 Å². The second-order valence-corrected chi connectivity index (χ2v) is 5.67. The summed E-state index contributed by atoms with van der Waals surface area (Å²) in [6.45, 7) is 0. The molecule has 1 fully saturated rings. The summed E-state index contributed by atoms with van der Waals surface area (Å²) in [5, 5.41) is 20.0. The van der Waals surface area contributed by atoms with Gasteiger partial charge >= 0.3 is 11.9 Å². The lowest BCUT2D eigenvalue weighted by atomic mass is 9.88. The van der Waals surface area contributed by atoms with Crippen LogP contribution < -0.4 is 5.32 Å². The molecule has 1 saturated carbocycles. The summed E-state index contributed by atoms with van der Waals surface area (Å²) in [6.07, 6.45) is 4.74. The molecule has 1 aliphatic carbocycles. The summed E-state index contributed by atoms with van der Waals surface area (Å²) >= 11 is 0.991. The predicted octanol–water partition coefficient (Wildman–Crippen LogP) is 0.954. The molecule has 0 heterocycles. The summed E-state index contributed by atoms with van der Waals surface area (Å²) in [5.41, 5.74) is 0. The van der Waals surface area contributed by atoms with Gasteiger partial charge in [-0.3, -0.25) is 9.59 Å². The average Bonchev–Trinajstić information content (AvgIpc) is 2.37. The first-order valence-corrected chi connectivity index (χ1v) is 7.49. The van der Waals surface area contributed by atoms with Crippen molar-refractivity contribution in [2.24, 2.45) is 5.92 Å². The average molecular weight is 289 g/mol. The molecule has 6 nitrogen and oxygen atoms in total. The van der Waals surface area contributed by atoms with Gasteiger partial charge in [-0.25, -0.2) is 4.79 Å². The standard InChI is InChI=1S/C12H19NO5S/c14-10(15)7-19-6-9(12(17)18)13-11(16)8-4-2-1-3-5-8/h8-9H,1-7H2,(H,13,16)(H,14,15)(H,17,18)/t9-/m0/s1. The molecule has 7 heteroatoms. The van der Waals surface area contributed by atoms with Gasteiger partial charge in [0.25, 0.3) is 0 Å². The largest absolute Gasteiger partial charge is 0.481 e. The maximum Gasteiger partial charge on any atom is 0.327 e. The van der Waals surface area contributed by atoms with Crippen molar-refractivity contribution in [2.45, 2.75) is 38.1 Å². The van der Waals surface area contributed by atoms with E-state index in [9.17, 15) is 14.4 Å². The molecule has 0 bridgehead atoms. The van der Waals surface area contributed by atoms with Gasteiger partial charge in [0.1, 0.15) is 6.04 Å². The second kappa shape index (κ2) is 8.04. The minimum Gasteiger partial charge on any atom is -0.481 e. The summed E-state index contributed by atoms with van der Waals surface area (Å²) in [4.78, 5) is 33.3. The molecule has 0 aromatic carbocycles. The number of thioether (sulfide) groups is 1. The fourth-order valence-electron chi connectivity index (χ4n) is 2.09. The number of carboxylic acids is 2. The zero-order chi connectivity index (χ0) is 14.3. The quantitative estimate of drug-likeness (QED) is 0.645. The van der Waals surface area contributed by atoms with Crippen LogP contribution in [0.4, 0.5) is 0 Å². The van der Waals surface area contributed by atoms with Crippen LogP contribution in [0.5, 0.6) is 0 Å². The normalized spacial score (nSPS) is 17.7. The summed E-state index contributed by atoms with van der Waals surface area (Å²) < 4.78 is 0. The third-order valence-corrected chi connectivity index (χ3v) is 4.12. The summed E-state index contributed by atoms with van der Waals surface area (Å²) in [7, 11) is 0. The number of carboxylic acid groups (broad SMARTS) is 2. The smallest absolute Gasteiger partial charge is 0.327 e. The van der Waals surface area contributed by atoms with E-state index in [1.807, 2.05) is 0 Å². The Morgan fingerprint density at radius 2 is 1.79 bits per heavy atom. The fraction of sp³-hybridized carbons (Fsp3) is 0.750. The summed E-state index contributed by atoms with van der Waals surface area (Å²) in [5.74, 6) is -2.53. The van der Waals surface area contributed by atoms with E-state index >= 15 is 0 Å². The number of aliphatic carboxylic acids is 2. The number of amides is 1. The molecule has 0 aromatic heterocycles. The van der Waals surface area contributed by atoms with Crippen molar-refractivity contribution in [3.63, 3.8) is 0 Å². The summed E-state index contributed by atoms with van der Waals surface area (Å²) in [6, 6.07) is -1.02. The highest BCUT2D eigenvalue weighted by Gasteiger charge is 2.26. The number of nitrogens with one attached hydrogen (secondary N) is 1. The van der Waals surface area contributed by atoms with Gasteiger partial charge in [0, 0.05) is 11.7 Å². The molecule has 0 radical (unpaired) electrons. The number of carbonyl (C=O) groups excluding carboxylic acids is 1. The van der Waals surface area contributed by atoms with E-state index in [-0.39, 0.29) is 23.3 Å². The Bertz CT molecular complexity index is 341. The number of hydrogen-bond donors (Lipinski definition) is 3. The van der Waals surface area contributed by atoms with E-state index < -0.39 is 18.0 Å². The van der Waals surface area contributed by atoms with E-state index in [1.54, 1.807) is 0 Å².